The number of benzene rings is 7. The van der Waals surface area contributed by atoms with Crippen LogP contribution in [0.25, 0.3) is 87.7 Å². The molecule has 0 N–H and O–H groups in total. The summed E-state index contributed by atoms with van der Waals surface area (Å²) in [5.74, 6) is 0. The number of rotatable bonds is 0. The zero-order valence-corrected chi connectivity index (χ0v) is 22.8. The first kappa shape index (κ1) is 21.5. The summed E-state index contributed by atoms with van der Waals surface area (Å²) in [6, 6.07) is 40.0. The molecule has 42 heavy (non-hydrogen) atoms. The van der Waals surface area contributed by atoms with Gasteiger partial charge in [-0.3, -0.25) is 0 Å². The third-order valence-electron chi connectivity index (χ3n) is 9.88. The molecule has 0 unspecified atom stereocenters. The van der Waals surface area contributed by atoms with Gasteiger partial charge >= 0.3 is 0 Å². The van der Waals surface area contributed by atoms with Gasteiger partial charge in [0, 0.05) is 21.5 Å². The maximum absolute atomic E-state index is 6.48. The standard InChI is InChI=1S/C39H21BO2/c1-20-16-27-25-18-33-37(21-8-2-4-14-31(21)41-33)23-10-6-12-29(35(23)25)40-30-13-7-11-24-36(30)26(28(17-20)39(27)40)19-34-38(24)22-9-3-5-15-32(22)42-34/h2-19H,1H3. The zero-order chi connectivity index (χ0) is 27.3. The van der Waals surface area contributed by atoms with Crippen molar-refractivity contribution in [3.05, 3.63) is 115 Å². The average Bonchev–Trinajstić information content (AvgIpc) is 3.59. The average molecular weight is 532 g/mol. The molecule has 2 aliphatic heterocycles. The first-order chi connectivity index (χ1) is 20.7. The van der Waals surface area contributed by atoms with Crippen LogP contribution < -0.4 is 16.4 Å². The van der Waals surface area contributed by atoms with Crippen LogP contribution in [-0.2, 0) is 0 Å². The van der Waals surface area contributed by atoms with E-state index >= 15 is 0 Å². The molecule has 3 heteroatoms. The molecule has 9 aromatic rings. The molecule has 0 saturated carbocycles. The minimum atomic E-state index is 0.147. The van der Waals surface area contributed by atoms with Gasteiger partial charge in [-0.25, -0.2) is 0 Å². The summed E-state index contributed by atoms with van der Waals surface area (Å²) in [7, 11) is 0. The molecule has 2 aliphatic rings. The van der Waals surface area contributed by atoms with E-state index in [-0.39, 0.29) is 6.71 Å². The van der Waals surface area contributed by atoms with Crippen molar-refractivity contribution in [1.82, 2.24) is 0 Å². The molecule has 2 aromatic heterocycles. The molecule has 0 atom stereocenters. The van der Waals surface area contributed by atoms with Crippen LogP contribution in [0.3, 0.4) is 0 Å². The molecule has 4 heterocycles. The Kier molecular flexibility index (Phi) is 3.64. The lowest BCUT2D eigenvalue weighted by Crippen LogP contribution is -2.57. The summed E-state index contributed by atoms with van der Waals surface area (Å²) in [4.78, 5) is 0. The molecule has 0 spiro atoms. The van der Waals surface area contributed by atoms with Crippen molar-refractivity contribution < 1.29 is 8.83 Å². The predicted molar refractivity (Wildman–Crippen MR) is 176 cm³/mol. The Morgan fingerprint density at radius 3 is 1.43 bits per heavy atom. The third kappa shape index (κ3) is 2.38. The number of hydrogen-bond acceptors (Lipinski definition) is 2. The van der Waals surface area contributed by atoms with Crippen LogP contribution in [-0.4, -0.2) is 6.71 Å². The van der Waals surface area contributed by atoms with Gasteiger partial charge in [-0.05, 0) is 80.6 Å². The zero-order valence-electron chi connectivity index (χ0n) is 22.8. The van der Waals surface area contributed by atoms with Crippen LogP contribution in [0, 0.1) is 6.92 Å². The van der Waals surface area contributed by atoms with Crippen LogP contribution in [0.4, 0.5) is 0 Å². The molecule has 0 saturated heterocycles. The molecule has 2 nitrogen and oxygen atoms in total. The lowest BCUT2D eigenvalue weighted by molar-refractivity contribution is 0.669. The lowest BCUT2D eigenvalue weighted by Gasteiger charge is -2.34. The van der Waals surface area contributed by atoms with Gasteiger partial charge in [0.05, 0.1) is 0 Å². The van der Waals surface area contributed by atoms with E-state index in [1.165, 1.54) is 87.3 Å². The van der Waals surface area contributed by atoms with Gasteiger partial charge in [0.15, 0.2) is 0 Å². The second-order valence-corrected chi connectivity index (χ2v) is 12.0. The van der Waals surface area contributed by atoms with Gasteiger partial charge in [0.2, 0.25) is 6.71 Å². The summed E-state index contributed by atoms with van der Waals surface area (Å²) in [6.07, 6.45) is 0. The van der Waals surface area contributed by atoms with E-state index in [4.69, 9.17) is 8.83 Å². The Labute approximate surface area is 240 Å². The van der Waals surface area contributed by atoms with E-state index in [1.54, 1.807) is 0 Å². The minimum absolute atomic E-state index is 0.147. The van der Waals surface area contributed by atoms with Crippen molar-refractivity contribution in [3.8, 4) is 22.3 Å². The highest BCUT2D eigenvalue weighted by Gasteiger charge is 2.39. The number of fused-ring (bicyclic) bond motifs is 12. The Bertz CT molecular complexity index is 2520. The highest BCUT2D eigenvalue weighted by molar-refractivity contribution is 7.01. The quantitative estimate of drug-likeness (QED) is 0.183. The lowest BCUT2D eigenvalue weighted by atomic mass is 9.31. The SMILES string of the molecule is Cc1cc2c3c(c1)-c1cc4oc5ccccc5c4c4cccc(c14)B3c1cccc3c1c-2cc1oc2ccccc2c13. The Hall–Kier alpha value is -5.28. The molecular weight excluding hydrogens is 511 g/mol. The second kappa shape index (κ2) is 7.13. The van der Waals surface area contributed by atoms with Gasteiger partial charge in [-0.15, -0.1) is 0 Å². The maximum Gasteiger partial charge on any atom is 0.244 e. The van der Waals surface area contributed by atoms with E-state index in [9.17, 15) is 0 Å². The Morgan fingerprint density at radius 1 is 0.429 bits per heavy atom. The molecule has 0 amide bonds. The third-order valence-corrected chi connectivity index (χ3v) is 9.88. The fourth-order valence-corrected chi connectivity index (χ4v) is 8.39. The first-order valence-corrected chi connectivity index (χ1v) is 14.6. The number of hydrogen-bond donors (Lipinski definition) is 0. The molecule has 0 radical (unpaired) electrons. The smallest absolute Gasteiger partial charge is 0.244 e. The molecule has 0 fully saturated rings. The van der Waals surface area contributed by atoms with Crippen molar-refractivity contribution in [3.63, 3.8) is 0 Å². The number of furan rings is 2. The van der Waals surface area contributed by atoms with Crippen LogP contribution in [0.1, 0.15) is 5.56 Å². The molecule has 11 rings (SSSR count). The van der Waals surface area contributed by atoms with Crippen LogP contribution >= 0.6 is 0 Å². The topological polar surface area (TPSA) is 26.3 Å². The molecule has 192 valence electrons. The first-order valence-electron chi connectivity index (χ1n) is 14.6. The largest absolute Gasteiger partial charge is 0.456 e. The predicted octanol–water partition coefficient (Wildman–Crippen LogP) is 8.58. The number of para-hydroxylation sites is 2. The second-order valence-electron chi connectivity index (χ2n) is 12.0. The summed E-state index contributed by atoms with van der Waals surface area (Å²) < 4.78 is 13.0. The number of aryl methyl sites for hydroxylation is 1. The van der Waals surface area contributed by atoms with E-state index in [2.05, 4.69) is 116 Å². The van der Waals surface area contributed by atoms with E-state index in [0.29, 0.717) is 0 Å². The van der Waals surface area contributed by atoms with Gasteiger partial charge in [0.25, 0.3) is 0 Å². The van der Waals surface area contributed by atoms with E-state index in [1.807, 2.05) is 0 Å². The van der Waals surface area contributed by atoms with Gasteiger partial charge < -0.3 is 8.83 Å². The maximum atomic E-state index is 6.48. The molecule has 0 bridgehead atoms. The summed E-state index contributed by atoms with van der Waals surface area (Å²) >= 11 is 0. The highest BCUT2D eigenvalue weighted by Crippen LogP contribution is 2.45. The van der Waals surface area contributed by atoms with Gasteiger partial charge in [0.1, 0.15) is 22.3 Å². The van der Waals surface area contributed by atoms with Crippen molar-refractivity contribution >= 4 is 88.5 Å². The Morgan fingerprint density at radius 2 is 0.905 bits per heavy atom. The van der Waals surface area contributed by atoms with Crippen molar-refractivity contribution in [1.29, 1.82) is 0 Å². The van der Waals surface area contributed by atoms with Crippen LogP contribution in [0.15, 0.2) is 118 Å². The fourth-order valence-electron chi connectivity index (χ4n) is 8.39. The monoisotopic (exact) mass is 532 g/mol. The van der Waals surface area contributed by atoms with Crippen molar-refractivity contribution in [2.24, 2.45) is 0 Å². The molecule has 7 aromatic carbocycles. The molecular formula is C39H21BO2. The van der Waals surface area contributed by atoms with Gasteiger partial charge in [-0.1, -0.05) is 101 Å². The van der Waals surface area contributed by atoms with Crippen LogP contribution in [0.2, 0.25) is 0 Å². The van der Waals surface area contributed by atoms with Crippen LogP contribution in [0.5, 0.6) is 0 Å². The summed E-state index contributed by atoms with van der Waals surface area (Å²) in [5, 5.41) is 10.0. The van der Waals surface area contributed by atoms with Gasteiger partial charge in [-0.2, -0.15) is 0 Å². The highest BCUT2D eigenvalue weighted by atomic mass is 16.3. The normalized spacial score (nSPS) is 13.3. The van der Waals surface area contributed by atoms with E-state index < -0.39 is 0 Å². The fraction of sp³-hybridized carbons (Fsp3) is 0.0256. The van der Waals surface area contributed by atoms with Crippen molar-refractivity contribution in [2.75, 3.05) is 0 Å². The van der Waals surface area contributed by atoms with Crippen molar-refractivity contribution in [2.45, 2.75) is 6.92 Å². The molecule has 0 aliphatic carbocycles. The van der Waals surface area contributed by atoms with E-state index in [0.717, 1.165) is 22.3 Å². The Balaban J connectivity index is 1.37. The summed E-state index contributed by atoms with van der Waals surface area (Å²) in [5.41, 5.74) is 14.4. The minimum Gasteiger partial charge on any atom is -0.456 e. The summed E-state index contributed by atoms with van der Waals surface area (Å²) in [6.45, 7) is 2.37.